The lowest BCUT2D eigenvalue weighted by atomic mass is 10.0. The Balaban J connectivity index is 1.60. The van der Waals surface area contributed by atoms with Crippen molar-refractivity contribution >= 4 is 6.03 Å². The van der Waals surface area contributed by atoms with Gasteiger partial charge in [0.1, 0.15) is 5.82 Å². The van der Waals surface area contributed by atoms with Crippen LogP contribution >= 0.6 is 0 Å². The van der Waals surface area contributed by atoms with E-state index in [4.69, 9.17) is 0 Å². The average molecular weight is 337 g/mol. The predicted molar refractivity (Wildman–Crippen MR) is 97.1 cm³/mol. The summed E-state index contributed by atoms with van der Waals surface area (Å²) >= 11 is 0. The van der Waals surface area contributed by atoms with Crippen LogP contribution in [0, 0.1) is 0 Å². The molecule has 0 aliphatic rings. The number of hydrogen-bond acceptors (Lipinski definition) is 2. The first-order chi connectivity index (χ1) is 12.2. The zero-order chi connectivity index (χ0) is 17.5. The van der Waals surface area contributed by atoms with E-state index in [1.807, 2.05) is 77.2 Å². The van der Waals surface area contributed by atoms with Gasteiger partial charge in [0.15, 0.2) is 0 Å². The molecule has 0 saturated heterocycles. The molecule has 0 aliphatic heterocycles. The minimum absolute atomic E-state index is 0.131. The van der Waals surface area contributed by atoms with Crippen molar-refractivity contribution in [2.24, 2.45) is 7.05 Å². The number of nitrogens with zero attached hydrogens (tertiary/aromatic N) is 3. The Kier molecular flexibility index (Phi) is 5.51. The quantitative estimate of drug-likeness (QED) is 0.696. The lowest BCUT2D eigenvalue weighted by Crippen LogP contribution is -2.40. The maximum Gasteiger partial charge on any atom is 0.315 e. The molecule has 0 unspecified atom stereocenters. The fourth-order valence-corrected chi connectivity index (χ4v) is 2.74. The van der Waals surface area contributed by atoms with Gasteiger partial charge in [0, 0.05) is 51.3 Å². The van der Waals surface area contributed by atoms with E-state index in [1.165, 1.54) is 0 Å². The smallest absolute Gasteiger partial charge is 0.315 e. The predicted octanol–water partition coefficient (Wildman–Crippen LogP) is 2.50. The summed E-state index contributed by atoms with van der Waals surface area (Å²) in [6.45, 7) is 1.32. The van der Waals surface area contributed by atoms with Crippen LogP contribution in [0.3, 0.4) is 0 Å². The Hall–Kier alpha value is -3.02. The summed E-state index contributed by atoms with van der Waals surface area (Å²) in [5.74, 6) is 0.932. The van der Waals surface area contributed by atoms with Gasteiger partial charge >= 0.3 is 6.03 Å². The maximum absolute atomic E-state index is 12.3. The summed E-state index contributed by atoms with van der Waals surface area (Å²) in [7, 11) is 1.96. The van der Waals surface area contributed by atoms with Crippen molar-refractivity contribution in [2.75, 3.05) is 6.54 Å². The largest absolute Gasteiger partial charge is 0.353 e. The zero-order valence-electron chi connectivity index (χ0n) is 14.3. The molecule has 6 nitrogen and oxygen atoms in total. The van der Waals surface area contributed by atoms with Gasteiger partial charge in [0.25, 0.3) is 0 Å². The number of imidazole rings is 1. The Morgan fingerprint density at radius 2 is 1.88 bits per heavy atom. The molecule has 0 saturated carbocycles. The van der Waals surface area contributed by atoms with E-state index < -0.39 is 0 Å². The molecule has 0 aliphatic carbocycles. The highest BCUT2D eigenvalue weighted by Gasteiger charge is 2.17. The van der Waals surface area contributed by atoms with Crippen LogP contribution in [0.25, 0.3) is 0 Å². The number of aryl methyl sites for hydroxylation is 1. The van der Waals surface area contributed by atoms with Crippen LogP contribution in [0.4, 0.5) is 4.79 Å². The number of benzene rings is 1. The minimum Gasteiger partial charge on any atom is -0.353 e. The third-order valence-corrected chi connectivity index (χ3v) is 4.14. The number of amides is 2. The van der Waals surface area contributed by atoms with E-state index in [0.29, 0.717) is 13.0 Å². The lowest BCUT2D eigenvalue weighted by molar-refractivity contribution is 0.236. The monoisotopic (exact) mass is 337 g/mol. The normalized spacial score (nSPS) is 11.9. The third-order valence-electron chi connectivity index (χ3n) is 4.14. The zero-order valence-corrected chi connectivity index (χ0v) is 14.3. The van der Waals surface area contributed by atoms with Crippen molar-refractivity contribution in [3.05, 3.63) is 78.6 Å². The minimum atomic E-state index is -0.171. The van der Waals surface area contributed by atoms with Gasteiger partial charge in [0.05, 0.1) is 6.04 Å². The van der Waals surface area contributed by atoms with Crippen molar-refractivity contribution in [1.29, 1.82) is 0 Å². The summed E-state index contributed by atoms with van der Waals surface area (Å²) in [5, 5.41) is 5.98. The second-order valence-electron chi connectivity index (χ2n) is 5.94. The fraction of sp³-hybridized carbons (Fsp3) is 0.263. The average Bonchev–Trinajstić information content (AvgIpc) is 3.27. The molecule has 2 amide bonds. The van der Waals surface area contributed by atoms with Gasteiger partial charge in [-0.1, -0.05) is 30.3 Å². The number of carbonyl (C=O) groups is 1. The standard InChI is InChI=1S/C19H23N5O/c1-23-13-9-20-18(23)15-17(16-7-3-2-4-8-16)22-19(25)21-10-14-24-11-5-6-12-24/h2-9,11-13,17H,10,14-15H2,1H3,(H2,21,22,25)/t17-/m1/s1. The van der Waals surface area contributed by atoms with Gasteiger partial charge in [0.2, 0.25) is 0 Å². The second-order valence-corrected chi connectivity index (χ2v) is 5.94. The molecule has 0 fully saturated rings. The van der Waals surface area contributed by atoms with Crippen molar-refractivity contribution in [2.45, 2.75) is 19.0 Å². The van der Waals surface area contributed by atoms with Crippen LogP contribution in [0.15, 0.2) is 67.3 Å². The molecule has 0 bridgehead atoms. The molecule has 6 heteroatoms. The molecule has 0 spiro atoms. The van der Waals surface area contributed by atoms with Crippen molar-refractivity contribution in [1.82, 2.24) is 24.8 Å². The first kappa shape index (κ1) is 16.8. The number of rotatable bonds is 7. The van der Waals surface area contributed by atoms with Gasteiger partial charge in [-0.25, -0.2) is 9.78 Å². The summed E-state index contributed by atoms with van der Waals surface area (Å²) in [6.07, 6.45) is 8.28. The van der Waals surface area contributed by atoms with Gasteiger partial charge in [-0.15, -0.1) is 0 Å². The van der Waals surface area contributed by atoms with E-state index in [1.54, 1.807) is 6.20 Å². The SMILES string of the molecule is Cn1ccnc1C[C@@H](NC(=O)NCCn1cccc1)c1ccccc1. The van der Waals surface area contributed by atoms with E-state index >= 15 is 0 Å². The highest BCUT2D eigenvalue weighted by Crippen LogP contribution is 2.17. The topological polar surface area (TPSA) is 63.9 Å². The van der Waals surface area contributed by atoms with E-state index in [9.17, 15) is 4.79 Å². The number of urea groups is 1. The number of aromatic nitrogens is 3. The molecule has 3 aromatic rings. The molecule has 3 rings (SSSR count). The summed E-state index contributed by atoms with van der Waals surface area (Å²) in [6, 6.07) is 13.6. The first-order valence-electron chi connectivity index (χ1n) is 8.38. The molecular formula is C19H23N5O. The Morgan fingerprint density at radius 3 is 2.56 bits per heavy atom. The van der Waals surface area contributed by atoms with Crippen LogP contribution in [-0.2, 0) is 20.0 Å². The second kappa shape index (κ2) is 8.19. The molecule has 25 heavy (non-hydrogen) atoms. The highest BCUT2D eigenvalue weighted by molar-refractivity contribution is 5.74. The molecule has 1 atom stereocenters. The fourth-order valence-electron chi connectivity index (χ4n) is 2.74. The van der Waals surface area contributed by atoms with Gasteiger partial charge in [-0.05, 0) is 17.7 Å². The van der Waals surface area contributed by atoms with Gasteiger partial charge in [-0.3, -0.25) is 0 Å². The van der Waals surface area contributed by atoms with Gasteiger partial charge < -0.3 is 19.8 Å². The number of carbonyl (C=O) groups excluding carboxylic acids is 1. The van der Waals surface area contributed by atoms with Crippen LogP contribution < -0.4 is 10.6 Å². The molecule has 130 valence electrons. The van der Waals surface area contributed by atoms with E-state index in [-0.39, 0.29) is 12.1 Å². The van der Waals surface area contributed by atoms with Crippen molar-refractivity contribution in [3.8, 4) is 0 Å². The van der Waals surface area contributed by atoms with Crippen LogP contribution in [0.5, 0.6) is 0 Å². The molecule has 2 N–H and O–H groups in total. The molecule has 0 radical (unpaired) electrons. The van der Waals surface area contributed by atoms with Crippen LogP contribution in [0.1, 0.15) is 17.4 Å². The molecule has 1 aromatic carbocycles. The van der Waals surface area contributed by atoms with Crippen LogP contribution in [0.2, 0.25) is 0 Å². The van der Waals surface area contributed by atoms with Crippen molar-refractivity contribution in [3.63, 3.8) is 0 Å². The highest BCUT2D eigenvalue weighted by atomic mass is 16.2. The Bertz CT molecular complexity index is 779. The number of hydrogen-bond donors (Lipinski definition) is 2. The maximum atomic E-state index is 12.3. The lowest BCUT2D eigenvalue weighted by Gasteiger charge is -2.19. The van der Waals surface area contributed by atoms with Gasteiger partial charge in [-0.2, -0.15) is 0 Å². The first-order valence-corrected chi connectivity index (χ1v) is 8.38. The summed E-state index contributed by atoms with van der Waals surface area (Å²) < 4.78 is 4.00. The van der Waals surface area contributed by atoms with E-state index in [0.717, 1.165) is 17.9 Å². The van der Waals surface area contributed by atoms with E-state index in [2.05, 4.69) is 15.6 Å². The number of nitrogens with one attached hydrogen (secondary N) is 2. The van der Waals surface area contributed by atoms with Crippen LogP contribution in [-0.4, -0.2) is 26.7 Å². The summed E-state index contributed by atoms with van der Waals surface area (Å²) in [5.41, 5.74) is 1.06. The summed E-state index contributed by atoms with van der Waals surface area (Å²) in [4.78, 5) is 16.7. The molecular weight excluding hydrogens is 314 g/mol. The third kappa shape index (κ3) is 4.73. The molecule has 2 aromatic heterocycles. The molecule has 2 heterocycles. The van der Waals surface area contributed by atoms with Crippen molar-refractivity contribution < 1.29 is 4.79 Å². The Labute approximate surface area is 147 Å². The Morgan fingerprint density at radius 1 is 1.12 bits per heavy atom.